The average molecular weight is 289 g/mol. The van der Waals surface area contributed by atoms with Gasteiger partial charge >= 0.3 is 0 Å². The van der Waals surface area contributed by atoms with Gasteiger partial charge in [0.1, 0.15) is 5.75 Å². The number of aliphatic hydroxyl groups is 1. The Balaban J connectivity index is 1.60. The number of methoxy groups -OCH3 is 1. The van der Waals surface area contributed by atoms with Crippen molar-refractivity contribution in [3.05, 3.63) is 29.3 Å². The van der Waals surface area contributed by atoms with Gasteiger partial charge < -0.3 is 15.2 Å². The topological polar surface area (TPSA) is 41.5 Å². The Kier molecular flexibility index (Phi) is 4.51. The van der Waals surface area contributed by atoms with Crippen LogP contribution in [0.4, 0.5) is 0 Å². The van der Waals surface area contributed by atoms with E-state index in [2.05, 4.69) is 23.5 Å². The van der Waals surface area contributed by atoms with E-state index in [9.17, 15) is 5.11 Å². The summed E-state index contributed by atoms with van der Waals surface area (Å²) in [5.41, 5.74) is 3.03. The summed E-state index contributed by atoms with van der Waals surface area (Å²) >= 11 is 0. The fraction of sp³-hybridized carbons (Fsp3) is 0.667. The Bertz CT molecular complexity index is 480. The third-order valence-electron chi connectivity index (χ3n) is 5.41. The van der Waals surface area contributed by atoms with Gasteiger partial charge in [-0.25, -0.2) is 0 Å². The van der Waals surface area contributed by atoms with E-state index in [1.807, 2.05) is 0 Å². The van der Waals surface area contributed by atoms with E-state index in [1.165, 1.54) is 43.2 Å². The predicted molar refractivity (Wildman–Crippen MR) is 84.8 cm³/mol. The molecule has 2 aliphatic carbocycles. The molecule has 0 radical (unpaired) electrons. The summed E-state index contributed by atoms with van der Waals surface area (Å²) in [7, 11) is 1.73. The zero-order valence-electron chi connectivity index (χ0n) is 13.0. The van der Waals surface area contributed by atoms with Crippen LogP contribution < -0.4 is 10.1 Å². The number of ether oxygens (including phenoxy) is 1. The van der Waals surface area contributed by atoms with Gasteiger partial charge in [-0.3, -0.25) is 0 Å². The highest BCUT2D eigenvalue weighted by molar-refractivity contribution is 5.37. The maximum atomic E-state index is 9.72. The summed E-state index contributed by atoms with van der Waals surface area (Å²) in [6, 6.07) is 6.98. The molecule has 2 N–H and O–H groups in total. The molecule has 1 atom stereocenters. The Morgan fingerprint density at radius 3 is 2.81 bits per heavy atom. The molecule has 0 heterocycles. The van der Waals surface area contributed by atoms with E-state index >= 15 is 0 Å². The molecule has 0 spiro atoms. The molecular formula is C18H27NO2. The van der Waals surface area contributed by atoms with Crippen molar-refractivity contribution < 1.29 is 9.84 Å². The maximum Gasteiger partial charge on any atom is 0.119 e. The van der Waals surface area contributed by atoms with Gasteiger partial charge in [0.2, 0.25) is 0 Å². The molecule has 0 bridgehead atoms. The SMILES string of the molecule is COc1ccc2c(c1)CC(NCC1(CO)CCCC1)CC2. The molecule has 1 saturated carbocycles. The van der Waals surface area contributed by atoms with Crippen LogP contribution in [0, 0.1) is 5.41 Å². The van der Waals surface area contributed by atoms with E-state index < -0.39 is 0 Å². The van der Waals surface area contributed by atoms with Crippen molar-refractivity contribution >= 4 is 0 Å². The van der Waals surface area contributed by atoms with Crippen LogP contribution in [0.1, 0.15) is 43.2 Å². The Hall–Kier alpha value is -1.06. The lowest BCUT2D eigenvalue weighted by atomic mass is 9.84. The number of aryl methyl sites for hydroxylation is 1. The van der Waals surface area contributed by atoms with Crippen molar-refractivity contribution in [1.82, 2.24) is 5.32 Å². The lowest BCUT2D eigenvalue weighted by molar-refractivity contribution is 0.123. The van der Waals surface area contributed by atoms with Crippen molar-refractivity contribution in [2.45, 2.75) is 51.0 Å². The first-order valence-corrected chi connectivity index (χ1v) is 8.25. The van der Waals surface area contributed by atoms with Crippen LogP contribution in [-0.4, -0.2) is 31.4 Å². The summed E-state index contributed by atoms with van der Waals surface area (Å²) in [5.74, 6) is 0.956. The van der Waals surface area contributed by atoms with Gasteiger partial charge in [0, 0.05) is 24.6 Å². The van der Waals surface area contributed by atoms with Gasteiger partial charge in [-0.1, -0.05) is 18.9 Å². The number of hydrogen-bond acceptors (Lipinski definition) is 3. The minimum atomic E-state index is 0.147. The normalized spacial score (nSPS) is 23.8. The summed E-state index contributed by atoms with van der Waals surface area (Å²) in [5, 5.41) is 13.4. The molecule has 1 aromatic carbocycles. The Labute approximate surface area is 127 Å². The van der Waals surface area contributed by atoms with Crippen molar-refractivity contribution in [2.24, 2.45) is 5.41 Å². The van der Waals surface area contributed by atoms with Gasteiger partial charge in [0.25, 0.3) is 0 Å². The van der Waals surface area contributed by atoms with Crippen LogP contribution in [0.5, 0.6) is 5.75 Å². The van der Waals surface area contributed by atoms with Gasteiger partial charge in [0.05, 0.1) is 7.11 Å². The molecule has 116 valence electrons. The highest BCUT2D eigenvalue weighted by atomic mass is 16.5. The van der Waals surface area contributed by atoms with Crippen LogP contribution in [0.15, 0.2) is 18.2 Å². The van der Waals surface area contributed by atoms with Crippen molar-refractivity contribution in [1.29, 1.82) is 0 Å². The molecule has 3 heteroatoms. The van der Waals surface area contributed by atoms with E-state index in [0.29, 0.717) is 12.6 Å². The molecule has 0 amide bonds. The van der Waals surface area contributed by atoms with Crippen molar-refractivity contribution in [2.75, 3.05) is 20.3 Å². The first kappa shape index (κ1) is 14.9. The maximum absolute atomic E-state index is 9.72. The van der Waals surface area contributed by atoms with Crippen LogP contribution in [-0.2, 0) is 12.8 Å². The van der Waals surface area contributed by atoms with Gasteiger partial charge in [-0.05, 0) is 55.4 Å². The summed E-state index contributed by atoms with van der Waals surface area (Å²) in [6.45, 7) is 1.30. The van der Waals surface area contributed by atoms with Crippen molar-refractivity contribution in [3.63, 3.8) is 0 Å². The molecule has 0 aliphatic heterocycles. The number of benzene rings is 1. The third kappa shape index (κ3) is 3.24. The minimum Gasteiger partial charge on any atom is -0.497 e. The number of hydrogen-bond donors (Lipinski definition) is 2. The number of aliphatic hydroxyl groups excluding tert-OH is 1. The minimum absolute atomic E-state index is 0.147. The fourth-order valence-electron chi connectivity index (χ4n) is 3.91. The summed E-state index contributed by atoms with van der Waals surface area (Å²) in [4.78, 5) is 0. The van der Waals surface area contributed by atoms with Gasteiger partial charge in [-0.15, -0.1) is 0 Å². The molecule has 1 unspecified atom stereocenters. The van der Waals surface area contributed by atoms with Crippen LogP contribution >= 0.6 is 0 Å². The first-order chi connectivity index (χ1) is 10.2. The lowest BCUT2D eigenvalue weighted by Crippen LogP contribution is -2.42. The van der Waals surface area contributed by atoms with E-state index in [1.54, 1.807) is 7.11 Å². The highest BCUT2D eigenvalue weighted by Gasteiger charge is 2.33. The molecule has 21 heavy (non-hydrogen) atoms. The molecule has 3 rings (SSSR count). The molecule has 0 aromatic heterocycles. The second-order valence-corrected chi connectivity index (χ2v) is 6.82. The molecule has 3 nitrogen and oxygen atoms in total. The zero-order valence-corrected chi connectivity index (χ0v) is 13.0. The Morgan fingerprint density at radius 1 is 1.29 bits per heavy atom. The lowest BCUT2D eigenvalue weighted by Gasteiger charge is -2.32. The molecule has 1 fully saturated rings. The second-order valence-electron chi connectivity index (χ2n) is 6.82. The number of nitrogens with one attached hydrogen (secondary N) is 1. The molecule has 2 aliphatic rings. The summed E-state index contributed by atoms with van der Waals surface area (Å²) in [6.07, 6.45) is 8.30. The predicted octanol–water partition coefficient (Wildman–Crippen LogP) is 2.69. The highest BCUT2D eigenvalue weighted by Crippen LogP contribution is 2.37. The average Bonchev–Trinajstić information content (AvgIpc) is 3.01. The largest absolute Gasteiger partial charge is 0.497 e. The smallest absolute Gasteiger partial charge is 0.119 e. The molecular weight excluding hydrogens is 262 g/mol. The number of fused-ring (bicyclic) bond motifs is 1. The second kappa shape index (κ2) is 6.37. The monoisotopic (exact) mass is 289 g/mol. The molecule has 0 saturated heterocycles. The quantitative estimate of drug-likeness (QED) is 0.875. The standard InChI is InChI=1S/C18H27NO2/c1-21-17-7-5-14-4-6-16(10-15(14)11-17)19-12-18(13-20)8-2-3-9-18/h5,7,11,16,19-20H,2-4,6,8-10,12-13H2,1H3. The molecule has 1 aromatic rings. The Morgan fingerprint density at radius 2 is 2.10 bits per heavy atom. The first-order valence-electron chi connectivity index (χ1n) is 8.25. The van der Waals surface area contributed by atoms with Crippen LogP contribution in [0.2, 0.25) is 0 Å². The van der Waals surface area contributed by atoms with E-state index in [0.717, 1.165) is 25.1 Å². The van der Waals surface area contributed by atoms with E-state index in [4.69, 9.17) is 4.74 Å². The van der Waals surface area contributed by atoms with Gasteiger partial charge in [0.15, 0.2) is 0 Å². The summed E-state index contributed by atoms with van der Waals surface area (Å²) < 4.78 is 5.34. The van der Waals surface area contributed by atoms with Crippen LogP contribution in [0.25, 0.3) is 0 Å². The van der Waals surface area contributed by atoms with Gasteiger partial charge in [-0.2, -0.15) is 0 Å². The number of rotatable bonds is 5. The zero-order chi connectivity index (χ0) is 14.7. The van der Waals surface area contributed by atoms with Crippen molar-refractivity contribution in [3.8, 4) is 5.75 Å². The third-order valence-corrected chi connectivity index (χ3v) is 5.41. The van der Waals surface area contributed by atoms with Crippen LogP contribution in [0.3, 0.4) is 0 Å². The van der Waals surface area contributed by atoms with E-state index in [-0.39, 0.29) is 5.41 Å². The fourth-order valence-corrected chi connectivity index (χ4v) is 3.91.